The van der Waals surface area contributed by atoms with Crippen LogP contribution in [0.3, 0.4) is 0 Å². The summed E-state index contributed by atoms with van der Waals surface area (Å²) in [5.74, 6) is -0.358. The summed E-state index contributed by atoms with van der Waals surface area (Å²) in [5, 5.41) is 8.94. The van der Waals surface area contributed by atoms with Gasteiger partial charge < -0.3 is 5.11 Å². The summed E-state index contributed by atoms with van der Waals surface area (Å²) < 4.78 is 0. The summed E-state index contributed by atoms with van der Waals surface area (Å²) in [7, 11) is 0. The van der Waals surface area contributed by atoms with E-state index in [0.29, 0.717) is 5.56 Å². The van der Waals surface area contributed by atoms with Crippen LogP contribution in [0.15, 0.2) is 30.3 Å². The first-order chi connectivity index (χ1) is 7.11. The maximum Gasteiger partial charge on any atom is 0.163 e. The molecule has 3 heteroatoms. The van der Waals surface area contributed by atoms with Crippen molar-refractivity contribution in [1.29, 1.82) is 0 Å². The van der Waals surface area contributed by atoms with E-state index in [4.69, 9.17) is 5.11 Å². The van der Waals surface area contributed by atoms with Gasteiger partial charge in [0.2, 0.25) is 0 Å². The lowest BCUT2D eigenvalue weighted by Crippen LogP contribution is -2.17. The van der Waals surface area contributed by atoms with E-state index >= 15 is 0 Å². The lowest BCUT2D eigenvalue weighted by molar-refractivity contribution is -0.126. The molecule has 1 rings (SSSR count). The van der Waals surface area contributed by atoms with E-state index in [0.717, 1.165) is 0 Å². The van der Waals surface area contributed by atoms with Crippen LogP contribution in [-0.2, 0) is 4.79 Å². The minimum absolute atomic E-state index is 0.0652. The molecule has 0 aliphatic heterocycles. The summed E-state index contributed by atoms with van der Waals surface area (Å²) in [4.78, 5) is 22.6. The molecule has 15 heavy (non-hydrogen) atoms. The summed E-state index contributed by atoms with van der Waals surface area (Å²) in [5.41, 5.74) is 0.607. The number of carbonyl (C=O) groups excluding carboxylic acids is 2. The van der Waals surface area contributed by atoms with Gasteiger partial charge in [-0.1, -0.05) is 30.3 Å². The molecule has 80 valence electrons. The zero-order valence-corrected chi connectivity index (χ0v) is 8.64. The third-order valence-electron chi connectivity index (χ3n) is 2.16. The topological polar surface area (TPSA) is 54.4 Å². The van der Waals surface area contributed by atoms with Crippen LogP contribution in [0.1, 0.15) is 30.1 Å². The van der Waals surface area contributed by atoms with Gasteiger partial charge in [-0.05, 0) is 6.92 Å². The van der Waals surface area contributed by atoms with Crippen LogP contribution < -0.4 is 0 Å². The molecule has 0 aromatic heterocycles. The Kier molecular flexibility index (Phi) is 4.18. The van der Waals surface area contributed by atoms with Crippen LogP contribution in [0.4, 0.5) is 0 Å². The van der Waals surface area contributed by atoms with Gasteiger partial charge in [-0.2, -0.15) is 0 Å². The van der Waals surface area contributed by atoms with E-state index in [1.807, 2.05) is 6.07 Å². The predicted octanol–water partition coefficient (Wildman–Crippen LogP) is 1.60. The Morgan fingerprint density at radius 3 is 2.33 bits per heavy atom. The van der Waals surface area contributed by atoms with Crippen molar-refractivity contribution in [2.45, 2.75) is 25.9 Å². The molecule has 1 aromatic carbocycles. The van der Waals surface area contributed by atoms with Crippen LogP contribution in [-0.4, -0.2) is 22.8 Å². The summed E-state index contributed by atoms with van der Waals surface area (Å²) in [6, 6.07) is 8.83. The highest BCUT2D eigenvalue weighted by Crippen LogP contribution is 2.06. The number of ketones is 2. The normalized spacial score (nSPS) is 12.1. The van der Waals surface area contributed by atoms with Gasteiger partial charge in [0.1, 0.15) is 6.10 Å². The van der Waals surface area contributed by atoms with E-state index in [-0.39, 0.29) is 24.4 Å². The smallest absolute Gasteiger partial charge is 0.163 e. The summed E-state index contributed by atoms with van der Waals surface area (Å²) >= 11 is 0. The average Bonchev–Trinajstić information content (AvgIpc) is 2.26. The summed E-state index contributed by atoms with van der Waals surface area (Å²) in [6.07, 6.45) is -0.715. The number of Topliss-reactive ketones (excluding diaryl/α,β-unsaturated/α-hetero) is 2. The molecule has 3 nitrogen and oxygen atoms in total. The van der Waals surface area contributed by atoms with Gasteiger partial charge in [0.05, 0.1) is 0 Å². The Hall–Kier alpha value is -1.48. The molecule has 0 aliphatic carbocycles. The van der Waals surface area contributed by atoms with Gasteiger partial charge in [-0.25, -0.2) is 0 Å². The first-order valence-electron chi connectivity index (χ1n) is 4.90. The first-order valence-corrected chi connectivity index (χ1v) is 4.90. The van der Waals surface area contributed by atoms with Crippen LogP contribution in [0.25, 0.3) is 0 Å². The maximum absolute atomic E-state index is 11.5. The molecule has 0 saturated carbocycles. The van der Waals surface area contributed by atoms with E-state index in [2.05, 4.69) is 0 Å². The molecule has 0 unspecified atom stereocenters. The highest BCUT2D eigenvalue weighted by atomic mass is 16.3. The molecule has 0 fully saturated rings. The van der Waals surface area contributed by atoms with Crippen molar-refractivity contribution in [3.63, 3.8) is 0 Å². The second-order valence-corrected chi connectivity index (χ2v) is 3.43. The quantitative estimate of drug-likeness (QED) is 0.744. The fraction of sp³-hybridized carbons (Fsp3) is 0.333. The van der Waals surface area contributed by atoms with Crippen molar-refractivity contribution in [3.8, 4) is 0 Å². The molecule has 0 aliphatic rings. The van der Waals surface area contributed by atoms with Gasteiger partial charge in [-0.15, -0.1) is 0 Å². The number of benzene rings is 1. The Bertz CT molecular complexity index is 341. The first kappa shape index (κ1) is 11.6. The predicted molar refractivity (Wildman–Crippen MR) is 56.7 cm³/mol. The van der Waals surface area contributed by atoms with Crippen LogP contribution in [0.2, 0.25) is 0 Å². The van der Waals surface area contributed by atoms with E-state index in [1.54, 1.807) is 24.3 Å². The van der Waals surface area contributed by atoms with Gasteiger partial charge in [0, 0.05) is 18.4 Å². The fourth-order valence-electron chi connectivity index (χ4n) is 1.21. The van der Waals surface area contributed by atoms with Crippen molar-refractivity contribution < 1.29 is 14.7 Å². The molecule has 0 heterocycles. The van der Waals surface area contributed by atoms with Crippen LogP contribution in [0.5, 0.6) is 0 Å². The second-order valence-electron chi connectivity index (χ2n) is 3.43. The molecule has 1 atom stereocenters. The molecule has 0 saturated heterocycles. The number of hydrogen-bond acceptors (Lipinski definition) is 3. The highest BCUT2D eigenvalue weighted by Gasteiger charge is 2.12. The Balaban J connectivity index is 2.48. The highest BCUT2D eigenvalue weighted by molar-refractivity contribution is 5.98. The van der Waals surface area contributed by atoms with Crippen molar-refractivity contribution in [2.24, 2.45) is 0 Å². The monoisotopic (exact) mass is 206 g/mol. The minimum atomic E-state index is -0.978. The molecule has 0 spiro atoms. The van der Waals surface area contributed by atoms with Gasteiger partial charge in [0.25, 0.3) is 0 Å². The maximum atomic E-state index is 11.5. The summed E-state index contributed by atoms with van der Waals surface area (Å²) in [6.45, 7) is 1.41. The number of carbonyl (C=O) groups is 2. The van der Waals surface area contributed by atoms with E-state index in [1.165, 1.54) is 6.92 Å². The third-order valence-corrected chi connectivity index (χ3v) is 2.16. The number of rotatable bonds is 5. The minimum Gasteiger partial charge on any atom is -0.386 e. The molecular weight excluding hydrogens is 192 g/mol. The SMILES string of the molecule is C[C@H](O)C(=O)CCC(=O)c1ccccc1. The second kappa shape index (κ2) is 5.41. The van der Waals surface area contributed by atoms with E-state index in [9.17, 15) is 9.59 Å². The Morgan fingerprint density at radius 1 is 1.20 bits per heavy atom. The van der Waals surface area contributed by atoms with Crippen molar-refractivity contribution in [2.75, 3.05) is 0 Å². The molecule has 0 radical (unpaired) electrons. The zero-order chi connectivity index (χ0) is 11.3. The van der Waals surface area contributed by atoms with Crippen LogP contribution in [0, 0.1) is 0 Å². The van der Waals surface area contributed by atoms with Crippen LogP contribution >= 0.6 is 0 Å². The molecule has 0 amide bonds. The largest absolute Gasteiger partial charge is 0.386 e. The molecule has 1 aromatic rings. The zero-order valence-electron chi connectivity index (χ0n) is 8.64. The Labute approximate surface area is 88.7 Å². The molecular formula is C12H14O3. The number of aliphatic hydroxyl groups is 1. The molecule has 1 N–H and O–H groups in total. The lowest BCUT2D eigenvalue weighted by atomic mass is 10.0. The van der Waals surface area contributed by atoms with Crippen molar-refractivity contribution >= 4 is 11.6 Å². The van der Waals surface area contributed by atoms with Crippen molar-refractivity contribution in [1.82, 2.24) is 0 Å². The average molecular weight is 206 g/mol. The standard InChI is InChI=1S/C12H14O3/c1-9(13)11(14)7-8-12(15)10-5-3-2-4-6-10/h2-6,9,13H,7-8H2,1H3/t9-/m0/s1. The number of hydrogen-bond donors (Lipinski definition) is 1. The third kappa shape index (κ3) is 3.64. The van der Waals surface area contributed by atoms with E-state index < -0.39 is 6.10 Å². The van der Waals surface area contributed by atoms with Crippen molar-refractivity contribution in [3.05, 3.63) is 35.9 Å². The lowest BCUT2D eigenvalue weighted by Gasteiger charge is -2.02. The molecule has 0 bridgehead atoms. The Morgan fingerprint density at radius 2 is 1.80 bits per heavy atom. The van der Waals surface area contributed by atoms with Gasteiger partial charge in [-0.3, -0.25) is 9.59 Å². The fourth-order valence-corrected chi connectivity index (χ4v) is 1.21. The van der Waals surface area contributed by atoms with Gasteiger partial charge >= 0.3 is 0 Å². The van der Waals surface area contributed by atoms with Gasteiger partial charge in [0.15, 0.2) is 11.6 Å². The number of aliphatic hydroxyl groups excluding tert-OH is 1.